The van der Waals surface area contributed by atoms with Gasteiger partial charge in [-0.05, 0) is 31.2 Å². The van der Waals surface area contributed by atoms with E-state index in [1.807, 2.05) is 37.4 Å². The first-order chi connectivity index (χ1) is 9.16. The van der Waals surface area contributed by atoms with Crippen LogP contribution in [0.15, 0.2) is 51.7 Å². The second-order valence-electron chi connectivity index (χ2n) is 4.70. The van der Waals surface area contributed by atoms with Crippen molar-refractivity contribution in [2.75, 3.05) is 13.6 Å². The highest BCUT2D eigenvalue weighted by atomic mass is 79.9. The number of halogens is 1. The molecular weight excluding hydrogens is 306 g/mol. The first kappa shape index (κ1) is 14.3. The average Bonchev–Trinajstić information content (AvgIpc) is 2.89. The molecular formula is C15H18BrNO2. The Morgan fingerprint density at radius 2 is 2.11 bits per heavy atom. The van der Waals surface area contributed by atoms with Crippen molar-refractivity contribution in [2.24, 2.45) is 0 Å². The van der Waals surface area contributed by atoms with Gasteiger partial charge in [0, 0.05) is 23.1 Å². The van der Waals surface area contributed by atoms with Gasteiger partial charge in [-0.2, -0.15) is 0 Å². The summed E-state index contributed by atoms with van der Waals surface area (Å²) in [7, 11) is 2.04. The van der Waals surface area contributed by atoms with Crippen molar-refractivity contribution in [1.82, 2.24) is 4.90 Å². The quantitative estimate of drug-likeness (QED) is 0.882. The van der Waals surface area contributed by atoms with Crippen molar-refractivity contribution in [2.45, 2.75) is 19.1 Å². The molecule has 2 aromatic rings. The van der Waals surface area contributed by atoms with E-state index in [-0.39, 0.29) is 0 Å². The maximum Gasteiger partial charge on any atom is 0.0947 e. The average molecular weight is 324 g/mol. The van der Waals surface area contributed by atoms with Crippen LogP contribution >= 0.6 is 15.9 Å². The molecule has 3 nitrogen and oxygen atoms in total. The van der Waals surface area contributed by atoms with E-state index in [0.29, 0.717) is 6.42 Å². The normalized spacial score (nSPS) is 12.8. The Labute approximate surface area is 122 Å². The fourth-order valence-corrected chi connectivity index (χ4v) is 2.57. The molecule has 0 bridgehead atoms. The summed E-state index contributed by atoms with van der Waals surface area (Å²) in [6.07, 6.45) is 3.69. The summed E-state index contributed by atoms with van der Waals surface area (Å²) in [5.74, 6) is 0. The zero-order chi connectivity index (χ0) is 13.7. The highest BCUT2D eigenvalue weighted by Gasteiger charge is 2.12. The number of hydrogen-bond acceptors (Lipinski definition) is 3. The minimum Gasteiger partial charge on any atom is -0.472 e. The predicted octanol–water partition coefficient (Wildman–Crippen LogP) is 3.60. The molecule has 1 atom stereocenters. The van der Waals surface area contributed by atoms with Gasteiger partial charge in [0.05, 0.1) is 18.6 Å². The van der Waals surface area contributed by atoms with Crippen LogP contribution in [-0.4, -0.2) is 23.6 Å². The Bertz CT molecular complexity index is 499. The molecule has 1 aromatic heterocycles. The van der Waals surface area contributed by atoms with Gasteiger partial charge < -0.3 is 14.4 Å². The second kappa shape index (κ2) is 6.89. The fraction of sp³-hybridized carbons (Fsp3) is 0.333. The maximum atomic E-state index is 10.2. The van der Waals surface area contributed by atoms with Gasteiger partial charge in [0.15, 0.2) is 0 Å². The van der Waals surface area contributed by atoms with Gasteiger partial charge in [-0.3, -0.25) is 0 Å². The maximum absolute atomic E-state index is 10.2. The van der Waals surface area contributed by atoms with E-state index in [9.17, 15) is 5.11 Å². The smallest absolute Gasteiger partial charge is 0.0947 e. The fourth-order valence-electron chi connectivity index (χ4n) is 2.02. The predicted molar refractivity (Wildman–Crippen MR) is 78.8 cm³/mol. The molecule has 0 amide bonds. The first-order valence-electron chi connectivity index (χ1n) is 6.29. The van der Waals surface area contributed by atoms with Crippen LogP contribution in [0, 0.1) is 0 Å². The van der Waals surface area contributed by atoms with Crippen LogP contribution in [0.3, 0.4) is 0 Å². The van der Waals surface area contributed by atoms with Crippen molar-refractivity contribution in [3.8, 4) is 0 Å². The van der Waals surface area contributed by atoms with E-state index in [0.717, 1.165) is 28.7 Å². The van der Waals surface area contributed by atoms with Crippen LogP contribution < -0.4 is 0 Å². The molecule has 0 spiro atoms. The molecule has 19 heavy (non-hydrogen) atoms. The molecule has 0 aliphatic heterocycles. The molecule has 1 heterocycles. The molecule has 102 valence electrons. The van der Waals surface area contributed by atoms with Crippen molar-refractivity contribution >= 4 is 15.9 Å². The topological polar surface area (TPSA) is 36.6 Å². The van der Waals surface area contributed by atoms with Crippen LogP contribution in [-0.2, 0) is 6.54 Å². The molecule has 1 aromatic carbocycles. The third-order valence-electron chi connectivity index (χ3n) is 3.08. The Balaban J connectivity index is 1.83. The van der Waals surface area contributed by atoms with Crippen LogP contribution in [0.5, 0.6) is 0 Å². The van der Waals surface area contributed by atoms with Gasteiger partial charge in [0.25, 0.3) is 0 Å². The van der Waals surface area contributed by atoms with E-state index in [2.05, 4.69) is 20.8 Å². The van der Waals surface area contributed by atoms with Gasteiger partial charge in [-0.1, -0.05) is 34.1 Å². The highest BCUT2D eigenvalue weighted by Crippen LogP contribution is 2.25. The summed E-state index contributed by atoms with van der Waals surface area (Å²) in [6, 6.07) is 9.75. The van der Waals surface area contributed by atoms with Crippen LogP contribution in [0.4, 0.5) is 0 Å². The molecule has 0 saturated carbocycles. The molecule has 0 saturated heterocycles. The summed E-state index contributed by atoms with van der Waals surface area (Å²) in [6.45, 7) is 1.66. The standard InChI is InChI=1S/C15H18BrNO2/c1-17(10-12-7-9-19-11-12)8-6-15(18)13-4-2-3-5-14(13)16/h2-5,7,9,11,15,18H,6,8,10H2,1H3. The lowest BCUT2D eigenvalue weighted by Crippen LogP contribution is -2.20. The van der Waals surface area contributed by atoms with Crippen molar-refractivity contribution < 1.29 is 9.52 Å². The molecule has 2 rings (SSSR count). The lowest BCUT2D eigenvalue weighted by molar-refractivity contribution is 0.147. The molecule has 1 unspecified atom stereocenters. The number of hydrogen-bond donors (Lipinski definition) is 1. The van der Waals surface area contributed by atoms with Gasteiger partial charge in [-0.25, -0.2) is 0 Å². The molecule has 0 radical (unpaired) electrons. The van der Waals surface area contributed by atoms with Crippen molar-refractivity contribution in [3.05, 3.63) is 58.5 Å². The summed E-state index contributed by atoms with van der Waals surface area (Å²) < 4.78 is 6.00. The van der Waals surface area contributed by atoms with Gasteiger partial charge in [-0.15, -0.1) is 0 Å². The van der Waals surface area contributed by atoms with E-state index < -0.39 is 6.10 Å². The lowest BCUT2D eigenvalue weighted by atomic mass is 10.1. The number of furan rings is 1. The second-order valence-corrected chi connectivity index (χ2v) is 5.55. The van der Waals surface area contributed by atoms with Crippen LogP contribution in [0.2, 0.25) is 0 Å². The molecule has 0 aliphatic carbocycles. The van der Waals surface area contributed by atoms with Gasteiger partial charge in [0.1, 0.15) is 0 Å². The van der Waals surface area contributed by atoms with Gasteiger partial charge in [0.2, 0.25) is 0 Å². The summed E-state index contributed by atoms with van der Waals surface area (Å²) >= 11 is 3.47. The molecule has 1 N–H and O–H groups in total. The number of benzene rings is 1. The minimum absolute atomic E-state index is 0.442. The van der Waals surface area contributed by atoms with Crippen molar-refractivity contribution in [1.29, 1.82) is 0 Å². The number of rotatable bonds is 6. The van der Waals surface area contributed by atoms with E-state index in [1.165, 1.54) is 0 Å². The highest BCUT2D eigenvalue weighted by molar-refractivity contribution is 9.10. The number of aliphatic hydroxyl groups excluding tert-OH is 1. The monoisotopic (exact) mass is 323 g/mol. The molecule has 0 fully saturated rings. The zero-order valence-electron chi connectivity index (χ0n) is 10.9. The Morgan fingerprint density at radius 3 is 2.79 bits per heavy atom. The van der Waals surface area contributed by atoms with E-state index in [1.54, 1.807) is 12.5 Å². The Kier molecular flexibility index (Phi) is 5.19. The minimum atomic E-state index is -0.442. The third-order valence-corrected chi connectivity index (χ3v) is 3.80. The summed E-state index contributed by atoms with van der Waals surface area (Å²) in [5.41, 5.74) is 2.09. The zero-order valence-corrected chi connectivity index (χ0v) is 12.5. The largest absolute Gasteiger partial charge is 0.472 e. The lowest BCUT2D eigenvalue weighted by Gasteiger charge is -2.19. The van der Waals surface area contributed by atoms with Crippen LogP contribution in [0.1, 0.15) is 23.7 Å². The van der Waals surface area contributed by atoms with Gasteiger partial charge >= 0.3 is 0 Å². The Hall–Kier alpha value is -1.10. The Morgan fingerprint density at radius 1 is 1.32 bits per heavy atom. The summed E-state index contributed by atoms with van der Waals surface area (Å²) in [5, 5.41) is 10.2. The van der Waals surface area contributed by atoms with Crippen LogP contribution in [0.25, 0.3) is 0 Å². The SMILES string of the molecule is CN(CCC(O)c1ccccc1Br)Cc1ccoc1. The number of nitrogens with zero attached hydrogens (tertiary/aromatic N) is 1. The number of aliphatic hydroxyl groups is 1. The van der Waals surface area contributed by atoms with E-state index >= 15 is 0 Å². The first-order valence-corrected chi connectivity index (χ1v) is 7.08. The molecule has 4 heteroatoms. The van der Waals surface area contributed by atoms with E-state index in [4.69, 9.17) is 4.42 Å². The van der Waals surface area contributed by atoms with Crippen molar-refractivity contribution in [3.63, 3.8) is 0 Å². The third kappa shape index (κ3) is 4.20. The summed E-state index contributed by atoms with van der Waals surface area (Å²) in [4.78, 5) is 2.17. The molecule has 0 aliphatic rings.